The second-order valence-corrected chi connectivity index (χ2v) is 11.1. The quantitative estimate of drug-likeness (QED) is 0.239. The fourth-order valence-electron chi connectivity index (χ4n) is 4.45. The van der Waals surface area contributed by atoms with Crippen molar-refractivity contribution in [1.82, 2.24) is 25.2 Å². The van der Waals surface area contributed by atoms with Crippen LogP contribution in [0, 0.1) is 0 Å². The number of hydrazine groups is 1. The Bertz CT molecular complexity index is 1330. The van der Waals surface area contributed by atoms with Gasteiger partial charge in [-0.05, 0) is 43.5 Å². The van der Waals surface area contributed by atoms with Gasteiger partial charge in [-0.15, -0.1) is 0 Å². The van der Waals surface area contributed by atoms with Crippen LogP contribution in [0.3, 0.4) is 0 Å². The number of nitrogens with one attached hydrogen (secondary N) is 2. The molecule has 3 amide bonds. The van der Waals surface area contributed by atoms with E-state index >= 15 is 0 Å². The zero-order chi connectivity index (χ0) is 29.4. The van der Waals surface area contributed by atoms with E-state index in [1.807, 2.05) is 74.6 Å². The summed E-state index contributed by atoms with van der Waals surface area (Å²) in [6.45, 7) is 3.75. The molecule has 0 spiro atoms. The molecule has 0 aliphatic carbocycles. The van der Waals surface area contributed by atoms with E-state index in [0.29, 0.717) is 12.8 Å². The third kappa shape index (κ3) is 8.27. The van der Waals surface area contributed by atoms with Gasteiger partial charge in [-0.3, -0.25) is 19.4 Å². The topological polar surface area (TPSA) is 115 Å². The average Bonchev–Trinajstić information content (AvgIpc) is 3.32. The number of likely N-dealkylation sites (N-methyl/N-ethyl adjacent to an activating group) is 2. The third-order valence-corrected chi connectivity index (χ3v) is 6.92. The highest BCUT2D eigenvalue weighted by atomic mass is 16.2. The predicted molar refractivity (Wildman–Crippen MR) is 159 cm³/mol. The Morgan fingerprint density at radius 3 is 2.25 bits per heavy atom. The van der Waals surface area contributed by atoms with Gasteiger partial charge in [0.25, 0.3) is 5.91 Å². The zero-order valence-electron chi connectivity index (χ0n) is 24.3. The first-order chi connectivity index (χ1) is 18.9. The third-order valence-electron chi connectivity index (χ3n) is 6.92. The van der Waals surface area contributed by atoms with Crippen molar-refractivity contribution in [3.63, 3.8) is 0 Å². The van der Waals surface area contributed by atoms with Crippen LogP contribution in [0.5, 0.6) is 0 Å². The molecule has 0 saturated heterocycles. The Labute approximate surface area is 237 Å². The lowest BCUT2D eigenvalue weighted by molar-refractivity contribution is -0.153. The monoisotopic (exact) mass is 546 g/mol. The summed E-state index contributed by atoms with van der Waals surface area (Å²) in [6.07, 6.45) is 6.07. The number of aromatic amines is 1. The van der Waals surface area contributed by atoms with Crippen molar-refractivity contribution < 1.29 is 14.4 Å². The second-order valence-electron chi connectivity index (χ2n) is 11.1. The highest BCUT2D eigenvalue weighted by Crippen LogP contribution is 2.21. The SMILES string of the molecule is CN(C(=O)[C@@H](Cc1c[nH]c2ccccc12)NC(=O)C=CCC(C)(C)N)[C@H](Cc1ccccc1)C(=O)N(C)N(C)C. The molecule has 0 aliphatic rings. The van der Waals surface area contributed by atoms with Crippen molar-refractivity contribution in [2.45, 2.75) is 50.7 Å². The van der Waals surface area contributed by atoms with E-state index in [9.17, 15) is 14.4 Å². The minimum absolute atomic E-state index is 0.230. The predicted octanol–water partition coefficient (Wildman–Crippen LogP) is 2.88. The fraction of sp³-hybridized carbons (Fsp3) is 0.387. The van der Waals surface area contributed by atoms with Gasteiger partial charge in [-0.1, -0.05) is 54.6 Å². The number of carbonyl (C=O) groups excluding carboxylic acids is 3. The summed E-state index contributed by atoms with van der Waals surface area (Å²) < 4.78 is 0. The van der Waals surface area contributed by atoms with Gasteiger partial charge in [-0.2, -0.15) is 0 Å². The highest BCUT2D eigenvalue weighted by Gasteiger charge is 2.34. The van der Waals surface area contributed by atoms with Gasteiger partial charge in [-0.25, -0.2) is 5.01 Å². The molecule has 9 nitrogen and oxygen atoms in total. The van der Waals surface area contributed by atoms with Crippen molar-refractivity contribution in [1.29, 1.82) is 0 Å². The molecule has 2 atom stereocenters. The van der Waals surface area contributed by atoms with E-state index in [-0.39, 0.29) is 18.2 Å². The van der Waals surface area contributed by atoms with Crippen molar-refractivity contribution in [2.75, 3.05) is 28.2 Å². The molecule has 2 aromatic carbocycles. The summed E-state index contributed by atoms with van der Waals surface area (Å²) in [5.74, 6) is -0.980. The number of nitrogens with two attached hydrogens (primary N) is 1. The molecular weight excluding hydrogens is 504 g/mol. The average molecular weight is 547 g/mol. The van der Waals surface area contributed by atoms with Crippen molar-refractivity contribution >= 4 is 28.6 Å². The van der Waals surface area contributed by atoms with E-state index in [1.54, 1.807) is 39.3 Å². The van der Waals surface area contributed by atoms with Crippen LogP contribution in [0.1, 0.15) is 31.4 Å². The van der Waals surface area contributed by atoms with Gasteiger partial charge in [0, 0.05) is 63.7 Å². The van der Waals surface area contributed by atoms with Gasteiger partial charge in [0.15, 0.2) is 0 Å². The van der Waals surface area contributed by atoms with Crippen molar-refractivity contribution in [3.05, 3.63) is 84.1 Å². The van der Waals surface area contributed by atoms with Crippen LogP contribution in [-0.2, 0) is 27.2 Å². The Hall–Kier alpha value is -3.95. The molecule has 40 heavy (non-hydrogen) atoms. The summed E-state index contributed by atoms with van der Waals surface area (Å²) in [5, 5.41) is 7.03. The minimum atomic E-state index is -0.900. The molecule has 0 saturated carbocycles. The molecule has 0 unspecified atom stereocenters. The Morgan fingerprint density at radius 1 is 0.950 bits per heavy atom. The number of fused-ring (bicyclic) bond motifs is 1. The van der Waals surface area contributed by atoms with E-state index in [2.05, 4.69) is 10.3 Å². The smallest absolute Gasteiger partial charge is 0.259 e. The first kappa shape index (κ1) is 30.6. The molecule has 9 heteroatoms. The van der Waals surface area contributed by atoms with Gasteiger partial charge >= 0.3 is 0 Å². The van der Waals surface area contributed by atoms with Crippen molar-refractivity contribution in [3.8, 4) is 0 Å². The largest absolute Gasteiger partial charge is 0.361 e. The standard InChI is InChI=1S/C31H42N6O3/c1-31(2,32)18-12-17-28(38)34-26(20-23-21-33-25-16-11-10-15-24(23)25)29(39)36(5)27(30(40)37(6)35(3)4)19-22-13-8-7-9-14-22/h7-17,21,26-27,33H,18-20,32H2,1-6H3,(H,34,38)/t26-,27-/m1/s1. The Kier molecular flexibility index (Phi) is 10.3. The Balaban J connectivity index is 1.93. The first-order valence-electron chi connectivity index (χ1n) is 13.4. The summed E-state index contributed by atoms with van der Waals surface area (Å²) in [4.78, 5) is 45.3. The molecule has 1 heterocycles. The summed E-state index contributed by atoms with van der Waals surface area (Å²) in [5.41, 5.74) is 8.34. The van der Waals surface area contributed by atoms with Crippen LogP contribution in [0.2, 0.25) is 0 Å². The molecule has 3 rings (SSSR count). The molecule has 0 aliphatic heterocycles. The van der Waals surface area contributed by atoms with Gasteiger partial charge in [0.1, 0.15) is 12.1 Å². The number of carbonyl (C=O) groups is 3. The van der Waals surface area contributed by atoms with E-state index in [0.717, 1.165) is 22.0 Å². The maximum Gasteiger partial charge on any atom is 0.259 e. The zero-order valence-corrected chi connectivity index (χ0v) is 24.3. The van der Waals surface area contributed by atoms with Gasteiger partial charge < -0.3 is 20.9 Å². The van der Waals surface area contributed by atoms with E-state index in [4.69, 9.17) is 5.73 Å². The second kappa shape index (κ2) is 13.4. The summed E-state index contributed by atoms with van der Waals surface area (Å²) in [6, 6.07) is 15.7. The van der Waals surface area contributed by atoms with Crippen LogP contribution in [-0.4, -0.2) is 83.4 Å². The Morgan fingerprint density at radius 2 is 1.60 bits per heavy atom. The lowest BCUT2D eigenvalue weighted by Gasteiger charge is -2.35. The lowest BCUT2D eigenvalue weighted by atomic mass is 10.00. The van der Waals surface area contributed by atoms with Gasteiger partial charge in [0.2, 0.25) is 11.8 Å². The number of aromatic nitrogens is 1. The number of para-hydroxylation sites is 1. The molecule has 4 N–H and O–H groups in total. The number of nitrogens with zero attached hydrogens (tertiary/aromatic N) is 3. The van der Waals surface area contributed by atoms with Crippen LogP contribution < -0.4 is 11.1 Å². The maximum atomic E-state index is 14.1. The first-order valence-corrected chi connectivity index (χ1v) is 13.4. The minimum Gasteiger partial charge on any atom is -0.361 e. The number of rotatable bonds is 12. The highest BCUT2D eigenvalue weighted by molar-refractivity contribution is 5.95. The van der Waals surface area contributed by atoms with Crippen LogP contribution >= 0.6 is 0 Å². The number of amides is 3. The maximum absolute atomic E-state index is 14.1. The van der Waals surface area contributed by atoms with E-state index < -0.39 is 23.5 Å². The fourth-order valence-corrected chi connectivity index (χ4v) is 4.45. The van der Waals surface area contributed by atoms with E-state index in [1.165, 1.54) is 16.0 Å². The molecule has 1 aromatic heterocycles. The number of hydrogen-bond donors (Lipinski definition) is 3. The number of benzene rings is 2. The number of H-pyrrole nitrogens is 1. The summed E-state index contributed by atoms with van der Waals surface area (Å²) in [7, 11) is 6.84. The molecular formula is C31H42N6O3. The van der Waals surface area contributed by atoms with Crippen LogP contribution in [0.15, 0.2) is 72.9 Å². The van der Waals surface area contributed by atoms with Crippen molar-refractivity contribution in [2.24, 2.45) is 5.73 Å². The normalized spacial score (nSPS) is 13.4. The lowest BCUT2D eigenvalue weighted by Crippen LogP contribution is -2.57. The van der Waals surface area contributed by atoms with Crippen LogP contribution in [0.4, 0.5) is 0 Å². The molecule has 0 fully saturated rings. The molecule has 0 bridgehead atoms. The number of hydrogen-bond acceptors (Lipinski definition) is 5. The molecule has 3 aromatic rings. The molecule has 214 valence electrons. The molecule has 0 radical (unpaired) electrons. The van der Waals surface area contributed by atoms with Crippen LogP contribution in [0.25, 0.3) is 10.9 Å². The van der Waals surface area contributed by atoms with Gasteiger partial charge in [0.05, 0.1) is 0 Å². The summed E-state index contributed by atoms with van der Waals surface area (Å²) >= 11 is 0.